The number of nitrogens with one attached hydrogen (secondary N) is 1. The average molecular weight is 519 g/mol. The van der Waals surface area contributed by atoms with Gasteiger partial charge in [-0.3, -0.25) is 9.58 Å². The van der Waals surface area contributed by atoms with E-state index in [0.29, 0.717) is 47.5 Å². The van der Waals surface area contributed by atoms with Crippen LogP contribution in [0.25, 0.3) is 11.1 Å². The van der Waals surface area contributed by atoms with Crippen molar-refractivity contribution in [3.8, 4) is 22.8 Å². The van der Waals surface area contributed by atoms with Crippen LogP contribution in [0.3, 0.4) is 0 Å². The zero-order valence-corrected chi connectivity index (χ0v) is 19.9. The number of pyridine rings is 1. The predicted molar refractivity (Wildman–Crippen MR) is 126 cm³/mol. The number of rotatable bonds is 4. The third-order valence-corrected chi connectivity index (χ3v) is 6.88. The Balaban J connectivity index is 1.60. The van der Waals surface area contributed by atoms with Crippen molar-refractivity contribution in [3.63, 3.8) is 0 Å². The molecule has 0 saturated carbocycles. The second-order valence-electron chi connectivity index (χ2n) is 9.28. The van der Waals surface area contributed by atoms with Gasteiger partial charge in [-0.2, -0.15) is 18.3 Å². The lowest BCUT2D eigenvalue weighted by atomic mass is 9.92. The maximum atomic E-state index is 14.7. The van der Waals surface area contributed by atoms with E-state index in [1.165, 1.54) is 4.90 Å². The summed E-state index contributed by atoms with van der Waals surface area (Å²) in [5.41, 5.74) is 0.822. The fourth-order valence-corrected chi connectivity index (χ4v) is 4.94. The van der Waals surface area contributed by atoms with Crippen molar-refractivity contribution >= 4 is 11.8 Å². The van der Waals surface area contributed by atoms with Gasteiger partial charge in [-0.1, -0.05) is 0 Å². The Morgan fingerprint density at radius 2 is 1.95 bits per heavy atom. The van der Waals surface area contributed by atoms with E-state index in [4.69, 9.17) is 4.74 Å². The Morgan fingerprint density at radius 3 is 2.62 bits per heavy atom. The fourth-order valence-electron chi connectivity index (χ4n) is 4.94. The van der Waals surface area contributed by atoms with E-state index >= 15 is 0 Å². The number of piperidine rings is 1. The Morgan fingerprint density at radius 1 is 1.19 bits per heavy atom. The minimum Gasteiger partial charge on any atom is -0.465 e. The molecular weight excluding hydrogens is 494 g/mol. The molecule has 1 atom stereocenters. The Hall–Kier alpha value is -3.67. The molecule has 1 aromatic carbocycles. The third kappa shape index (κ3) is 4.85. The number of anilines is 1. The van der Waals surface area contributed by atoms with Crippen LogP contribution >= 0.6 is 0 Å². The molecule has 1 amide bonds. The quantitative estimate of drug-likeness (QED) is 0.434. The zero-order chi connectivity index (χ0) is 26.3. The predicted octanol–water partition coefficient (Wildman–Crippen LogP) is 5.64. The van der Waals surface area contributed by atoms with Gasteiger partial charge in [0.2, 0.25) is 0 Å². The van der Waals surface area contributed by atoms with Gasteiger partial charge in [0.05, 0.1) is 23.5 Å². The van der Waals surface area contributed by atoms with Crippen LogP contribution in [-0.4, -0.2) is 45.1 Å². The number of carboxylic acid groups (broad SMARTS) is 1. The molecule has 2 aromatic heterocycles. The molecule has 5 rings (SSSR count). The van der Waals surface area contributed by atoms with Crippen molar-refractivity contribution in [3.05, 3.63) is 53.7 Å². The number of carbonyl (C=O) groups is 1. The van der Waals surface area contributed by atoms with Gasteiger partial charge in [0.15, 0.2) is 5.82 Å². The summed E-state index contributed by atoms with van der Waals surface area (Å²) < 4.78 is 61.5. The molecule has 4 heterocycles. The first-order valence-electron chi connectivity index (χ1n) is 12.0. The lowest BCUT2D eigenvalue weighted by Gasteiger charge is -2.34. The number of hydrogen-bond donors (Lipinski definition) is 2. The van der Waals surface area contributed by atoms with Crippen LogP contribution in [0.15, 0.2) is 36.8 Å². The van der Waals surface area contributed by atoms with E-state index in [1.54, 1.807) is 25.3 Å². The number of aromatic nitrogens is 3. The molecule has 12 heteroatoms. The number of alkyl halides is 3. The lowest BCUT2D eigenvalue weighted by molar-refractivity contribution is -0.138. The maximum Gasteiger partial charge on any atom is 0.417 e. The molecule has 37 heavy (non-hydrogen) atoms. The van der Waals surface area contributed by atoms with Gasteiger partial charge in [0.1, 0.15) is 5.75 Å². The molecule has 2 N–H and O–H groups in total. The molecule has 0 spiro atoms. The van der Waals surface area contributed by atoms with Gasteiger partial charge in [-0.25, -0.2) is 14.2 Å². The summed E-state index contributed by atoms with van der Waals surface area (Å²) in [4.78, 5) is 16.8. The molecular formula is C25H25F4N5O3. The normalized spacial score (nSPS) is 18.5. The standard InChI is InChI=1S/C25H25F4N5O3/c1-14-2-3-19-21(34(14)24(35)36)5-4-18(15-11-32-33(13-15)17-6-8-30-9-7-17)22(19)37-23-20(26)10-16(12-31-23)25(27,28)29/h4-5,10-14,17,30H,2-3,6-9H2,1H3,(H,35,36)/t14-/m0/s1. The Bertz CT molecular complexity index is 1320. The van der Waals surface area contributed by atoms with Gasteiger partial charge >= 0.3 is 12.3 Å². The molecule has 1 saturated heterocycles. The minimum absolute atomic E-state index is 0.145. The van der Waals surface area contributed by atoms with E-state index in [1.807, 2.05) is 10.9 Å². The molecule has 2 aliphatic heterocycles. The van der Waals surface area contributed by atoms with Crippen molar-refractivity contribution in [2.75, 3.05) is 18.0 Å². The first kappa shape index (κ1) is 25.0. The first-order valence-corrected chi connectivity index (χ1v) is 12.0. The monoisotopic (exact) mass is 519 g/mol. The Kier molecular flexibility index (Phi) is 6.52. The molecule has 0 aliphatic carbocycles. The first-order chi connectivity index (χ1) is 17.6. The molecule has 0 radical (unpaired) electrons. The highest BCUT2D eigenvalue weighted by molar-refractivity contribution is 5.91. The molecule has 8 nitrogen and oxygen atoms in total. The molecule has 2 aliphatic rings. The fraction of sp³-hybridized carbons (Fsp3) is 0.400. The number of benzene rings is 1. The highest BCUT2D eigenvalue weighted by atomic mass is 19.4. The summed E-state index contributed by atoms with van der Waals surface area (Å²) in [7, 11) is 0. The number of ether oxygens (including phenoxy) is 1. The molecule has 0 unspecified atom stereocenters. The molecule has 3 aromatic rings. The van der Waals surface area contributed by atoms with Crippen molar-refractivity contribution in [2.24, 2.45) is 0 Å². The summed E-state index contributed by atoms with van der Waals surface area (Å²) in [5.74, 6) is -1.76. The zero-order valence-electron chi connectivity index (χ0n) is 19.9. The van der Waals surface area contributed by atoms with Crippen molar-refractivity contribution < 1.29 is 32.2 Å². The van der Waals surface area contributed by atoms with Crippen LogP contribution in [0, 0.1) is 5.82 Å². The topological polar surface area (TPSA) is 92.5 Å². The third-order valence-electron chi connectivity index (χ3n) is 6.88. The van der Waals surface area contributed by atoms with Crippen molar-refractivity contribution in [1.82, 2.24) is 20.1 Å². The van der Waals surface area contributed by atoms with Crippen LogP contribution in [0.1, 0.15) is 43.4 Å². The van der Waals surface area contributed by atoms with Gasteiger partial charge in [0, 0.05) is 35.1 Å². The number of halogens is 4. The second-order valence-corrected chi connectivity index (χ2v) is 9.28. The molecule has 0 bridgehead atoms. The highest BCUT2D eigenvalue weighted by Crippen LogP contribution is 2.45. The van der Waals surface area contributed by atoms with Gasteiger partial charge in [0.25, 0.3) is 5.88 Å². The summed E-state index contributed by atoms with van der Waals surface area (Å²) >= 11 is 0. The van der Waals surface area contributed by atoms with E-state index in [9.17, 15) is 27.5 Å². The van der Waals surface area contributed by atoms with Crippen LogP contribution in [0.2, 0.25) is 0 Å². The SMILES string of the molecule is C[C@H]1CCc2c(ccc(-c3cnn(C4CCNCC4)c3)c2Oc2ncc(C(F)(F)F)cc2F)N1C(=O)O. The average Bonchev–Trinajstić information content (AvgIpc) is 3.35. The van der Waals surface area contributed by atoms with Crippen molar-refractivity contribution in [2.45, 2.75) is 50.9 Å². The van der Waals surface area contributed by atoms with Gasteiger partial charge in [-0.05, 0) is 63.9 Å². The van der Waals surface area contributed by atoms with Crippen molar-refractivity contribution in [1.29, 1.82) is 0 Å². The second kappa shape index (κ2) is 9.66. The van der Waals surface area contributed by atoms with Gasteiger partial charge in [-0.15, -0.1) is 0 Å². The molecule has 196 valence electrons. The highest BCUT2D eigenvalue weighted by Gasteiger charge is 2.34. The summed E-state index contributed by atoms with van der Waals surface area (Å²) in [6, 6.07) is 3.56. The maximum absolute atomic E-state index is 14.7. The summed E-state index contributed by atoms with van der Waals surface area (Å²) in [5, 5.41) is 17.6. The number of hydrogen-bond acceptors (Lipinski definition) is 5. The minimum atomic E-state index is -4.76. The van der Waals surface area contributed by atoms with Crippen LogP contribution < -0.4 is 15.0 Å². The summed E-state index contributed by atoms with van der Waals surface area (Å²) in [6.45, 7) is 3.52. The van der Waals surface area contributed by atoms with E-state index < -0.39 is 29.5 Å². The largest absolute Gasteiger partial charge is 0.465 e. The van der Waals surface area contributed by atoms with Crippen LogP contribution in [0.5, 0.6) is 11.6 Å². The number of fused-ring (bicyclic) bond motifs is 1. The lowest BCUT2D eigenvalue weighted by Crippen LogP contribution is -2.41. The number of amides is 1. The van der Waals surface area contributed by atoms with Crippen LogP contribution in [-0.2, 0) is 12.6 Å². The van der Waals surface area contributed by atoms with Gasteiger partial charge < -0.3 is 15.2 Å². The van der Waals surface area contributed by atoms with E-state index in [2.05, 4.69) is 15.4 Å². The summed E-state index contributed by atoms with van der Waals surface area (Å²) in [6.07, 6.45) is 0.810. The smallest absolute Gasteiger partial charge is 0.417 e. The number of nitrogens with zero attached hydrogens (tertiary/aromatic N) is 4. The van der Waals surface area contributed by atoms with Crippen LogP contribution in [0.4, 0.5) is 28.0 Å². The molecule has 1 fully saturated rings. The van der Waals surface area contributed by atoms with E-state index in [0.717, 1.165) is 25.9 Å². The Labute approximate surface area is 209 Å². The van der Waals surface area contributed by atoms with E-state index in [-0.39, 0.29) is 17.8 Å².